The van der Waals surface area contributed by atoms with Crippen LogP contribution < -0.4 is 25.9 Å². The van der Waals surface area contributed by atoms with Gasteiger partial charge >= 0.3 is 21.2 Å². The van der Waals surface area contributed by atoms with Crippen molar-refractivity contribution >= 4 is 15.9 Å². The van der Waals surface area contributed by atoms with Crippen molar-refractivity contribution in [3.05, 3.63) is 72.8 Å². The largest absolute Gasteiger partial charge is 0.489 e. The number of rotatable bonds is 5. The summed E-state index contributed by atoms with van der Waals surface area (Å²) in [6, 6.07) is 18.5. The highest BCUT2D eigenvalue weighted by Crippen LogP contribution is 2.15. The van der Waals surface area contributed by atoms with Gasteiger partial charge in [-0.3, -0.25) is 0 Å². The summed E-state index contributed by atoms with van der Waals surface area (Å²) in [5, 5.41) is 0. The number of halogens is 2. The second kappa shape index (κ2) is 7.59. The Kier molecular flexibility index (Phi) is 5.74. The van der Waals surface area contributed by atoms with Gasteiger partial charge in [-0.2, -0.15) is 0 Å². The van der Waals surface area contributed by atoms with Crippen LogP contribution in [0.1, 0.15) is 0 Å². The van der Waals surface area contributed by atoms with E-state index >= 15 is 0 Å². The van der Waals surface area contributed by atoms with Crippen molar-refractivity contribution in [2.45, 2.75) is 0 Å². The monoisotopic (exact) mass is 415 g/mol. The van der Waals surface area contributed by atoms with Crippen LogP contribution in [-0.4, -0.2) is 6.61 Å². The molecule has 0 fully saturated rings. The summed E-state index contributed by atoms with van der Waals surface area (Å²) in [6.07, 6.45) is 2.10. The maximum atomic E-state index is 5.61. The fourth-order valence-electron chi connectivity index (χ4n) is 1.32. The average Bonchev–Trinajstić information content (AvgIpc) is 2.42. The zero-order valence-electron chi connectivity index (χ0n) is 9.72. The Hall–Kier alpha value is -0.810. The second-order valence-corrected chi connectivity index (χ2v) is 7.03. The third-order valence-corrected chi connectivity index (χ3v) is 5.01. The molecule has 0 N–H and O–H groups in total. The molecular weight excluding hydrogens is 403 g/mol. The van der Waals surface area contributed by atoms with Crippen LogP contribution in [0.3, 0.4) is 0 Å². The van der Waals surface area contributed by atoms with E-state index in [1.54, 1.807) is 0 Å². The van der Waals surface area contributed by atoms with E-state index in [4.69, 9.17) is 4.74 Å². The second-order valence-electron chi connectivity index (χ2n) is 3.53. The molecule has 0 radical (unpaired) electrons. The first-order chi connectivity index (χ1) is 8.84. The molecule has 0 atom stereocenters. The maximum absolute atomic E-state index is 5.61. The zero-order valence-corrected chi connectivity index (χ0v) is 13.5. The van der Waals surface area contributed by atoms with Gasteiger partial charge in [-0.25, -0.2) is 0 Å². The molecule has 2 rings (SSSR count). The van der Waals surface area contributed by atoms with Crippen LogP contribution in [0.5, 0.6) is 5.75 Å². The Labute approximate surface area is 126 Å². The van der Waals surface area contributed by atoms with Gasteiger partial charge in [0.15, 0.2) is 7.65 Å². The summed E-state index contributed by atoms with van der Waals surface area (Å²) in [5.74, 6) is 0.903. The molecule has 0 saturated heterocycles. The lowest BCUT2D eigenvalue weighted by atomic mass is 10.3. The van der Waals surface area contributed by atoms with Crippen LogP contribution in [0, 0.1) is 3.57 Å². The van der Waals surface area contributed by atoms with E-state index in [9.17, 15) is 0 Å². The fraction of sp³-hybridized carbons (Fsp3) is 0.0667. The Morgan fingerprint density at radius 1 is 1.00 bits per heavy atom. The van der Waals surface area contributed by atoms with E-state index in [-0.39, 0.29) is 21.2 Å². The molecule has 0 unspecified atom stereocenters. The molecule has 0 aliphatic heterocycles. The standard InChI is InChI=1S/C15H13BrIO/c16-13-7-9-15(10-8-13)18-12-4-11-17-14-5-2-1-3-6-14/h1-11H,12H2/q+1/b11-4+. The van der Waals surface area contributed by atoms with E-state index in [1.165, 1.54) is 3.57 Å². The van der Waals surface area contributed by atoms with Crippen molar-refractivity contribution in [3.8, 4) is 5.75 Å². The summed E-state index contributed by atoms with van der Waals surface area (Å²) in [6.45, 7) is 0.633. The van der Waals surface area contributed by atoms with Gasteiger partial charge in [-0.1, -0.05) is 34.1 Å². The summed E-state index contributed by atoms with van der Waals surface area (Å²) >= 11 is 3.37. The minimum atomic E-state index is -0.0292. The third-order valence-electron chi connectivity index (χ3n) is 2.17. The van der Waals surface area contributed by atoms with Gasteiger partial charge < -0.3 is 4.74 Å². The number of hydrogen-bond acceptors (Lipinski definition) is 1. The lowest BCUT2D eigenvalue weighted by Gasteiger charge is -2.01. The summed E-state index contributed by atoms with van der Waals surface area (Å²) in [4.78, 5) is 0. The first-order valence-electron chi connectivity index (χ1n) is 5.56. The molecule has 0 heterocycles. The lowest BCUT2D eigenvalue weighted by molar-refractivity contribution is -0.557. The van der Waals surface area contributed by atoms with Gasteiger partial charge in [-0.05, 0) is 42.5 Å². The molecule has 2 aromatic carbocycles. The Balaban J connectivity index is 1.74. The van der Waals surface area contributed by atoms with Crippen LogP contribution >= 0.6 is 15.9 Å². The molecule has 1 nitrogen and oxygen atoms in total. The molecule has 0 bridgehead atoms. The smallest absolute Gasteiger partial charge is 0.349 e. The zero-order chi connectivity index (χ0) is 12.6. The summed E-state index contributed by atoms with van der Waals surface area (Å²) in [7, 11) is 0. The van der Waals surface area contributed by atoms with Crippen molar-refractivity contribution in [2.75, 3.05) is 6.61 Å². The highest BCUT2D eigenvalue weighted by Gasteiger charge is 2.04. The molecule has 3 heteroatoms. The highest BCUT2D eigenvalue weighted by atomic mass is 127. The van der Waals surface area contributed by atoms with Gasteiger partial charge in [0.1, 0.15) is 12.4 Å². The van der Waals surface area contributed by atoms with Crippen LogP contribution in [0.15, 0.2) is 69.2 Å². The minimum absolute atomic E-state index is 0.0292. The third kappa shape index (κ3) is 4.82. The lowest BCUT2D eigenvalue weighted by Crippen LogP contribution is -3.59. The molecule has 2 aromatic rings. The Bertz CT molecular complexity index is 494. The van der Waals surface area contributed by atoms with Gasteiger partial charge in [0.25, 0.3) is 0 Å². The first kappa shape index (κ1) is 13.6. The fourth-order valence-corrected chi connectivity index (χ4v) is 3.29. The van der Waals surface area contributed by atoms with Crippen molar-refractivity contribution in [2.24, 2.45) is 0 Å². The number of ether oxygens (including phenoxy) is 1. The average molecular weight is 416 g/mol. The van der Waals surface area contributed by atoms with Gasteiger partial charge in [0.05, 0.1) is 0 Å². The van der Waals surface area contributed by atoms with Gasteiger partial charge in [-0.15, -0.1) is 0 Å². The van der Waals surface area contributed by atoms with Crippen LogP contribution in [-0.2, 0) is 0 Å². The van der Waals surface area contributed by atoms with E-state index in [0.29, 0.717) is 6.61 Å². The topological polar surface area (TPSA) is 9.23 Å². The quantitative estimate of drug-likeness (QED) is 0.669. The predicted octanol–water partition coefficient (Wildman–Crippen LogP) is 1.30. The van der Waals surface area contributed by atoms with Crippen LogP contribution in [0.2, 0.25) is 0 Å². The molecule has 18 heavy (non-hydrogen) atoms. The molecule has 0 aromatic heterocycles. The van der Waals surface area contributed by atoms with Crippen molar-refractivity contribution in [1.29, 1.82) is 0 Å². The van der Waals surface area contributed by atoms with Crippen LogP contribution in [0.25, 0.3) is 0 Å². The van der Waals surface area contributed by atoms with Gasteiger partial charge in [0.2, 0.25) is 0 Å². The summed E-state index contributed by atoms with van der Waals surface area (Å²) < 4.78 is 10.3. The molecule has 0 saturated carbocycles. The Morgan fingerprint density at radius 3 is 2.44 bits per heavy atom. The molecule has 92 valence electrons. The van der Waals surface area contributed by atoms with E-state index in [1.807, 2.05) is 30.3 Å². The van der Waals surface area contributed by atoms with E-state index < -0.39 is 0 Å². The summed E-state index contributed by atoms with van der Waals surface area (Å²) in [5.41, 5.74) is 0. The normalized spacial score (nSPS) is 10.7. The van der Waals surface area contributed by atoms with Crippen molar-refractivity contribution in [3.63, 3.8) is 0 Å². The Morgan fingerprint density at radius 2 is 1.72 bits per heavy atom. The number of benzene rings is 2. The highest BCUT2D eigenvalue weighted by molar-refractivity contribution is 9.10. The van der Waals surface area contributed by atoms with Crippen LogP contribution in [0.4, 0.5) is 0 Å². The maximum Gasteiger partial charge on any atom is 0.349 e. The van der Waals surface area contributed by atoms with Crippen molar-refractivity contribution < 1.29 is 25.9 Å². The molecule has 0 aliphatic carbocycles. The SMILES string of the molecule is Brc1ccc(OC/C=C/[I+]c2ccccc2)cc1. The van der Waals surface area contributed by atoms with Crippen molar-refractivity contribution in [1.82, 2.24) is 0 Å². The first-order valence-corrected chi connectivity index (χ1v) is 8.68. The van der Waals surface area contributed by atoms with E-state index in [0.717, 1.165) is 10.2 Å². The number of hydrogen-bond donors (Lipinski definition) is 0. The van der Waals surface area contributed by atoms with E-state index in [2.05, 4.69) is 50.4 Å². The molecular formula is C15H13BrIO+. The molecule has 0 spiro atoms. The molecule has 0 amide bonds. The minimum Gasteiger partial charge on any atom is -0.489 e. The predicted molar refractivity (Wildman–Crippen MR) is 73.9 cm³/mol. The molecule has 0 aliphatic rings. The van der Waals surface area contributed by atoms with Gasteiger partial charge in [0, 0.05) is 4.47 Å².